The standard InChI is InChI=1S/C11H11FN3O3/c12-9-3-1-8(2-4-9)10(16)7-14-6-5-13-11(14)15(17)18/h1-6,10,13,16H,7H2/q-1. The molecule has 0 saturated carbocycles. The van der Waals surface area contributed by atoms with Crippen molar-refractivity contribution < 1.29 is 9.50 Å². The molecule has 0 fully saturated rings. The molecule has 7 heteroatoms. The average Bonchev–Trinajstić information content (AvgIpc) is 2.78. The maximum atomic E-state index is 12.7. The largest absolute Gasteiger partial charge is 0.744 e. The molecule has 0 aliphatic heterocycles. The van der Waals surface area contributed by atoms with Crippen molar-refractivity contribution in [3.63, 3.8) is 0 Å². The predicted octanol–water partition coefficient (Wildman–Crippen LogP) is 0.457. The number of hydrogen-bond acceptors (Lipinski definition) is 3. The van der Waals surface area contributed by atoms with E-state index in [1.165, 1.54) is 41.2 Å². The third-order valence-electron chi connectivity index (χ3n) is 2.54. The Balaban J connectivity index is 2.22. The number of aromatic nitrogens is 2. The van der Waals surface area contributed by atoms with Crippen molar-refractivity contribution in [1.82, 2.24) is 14.5 Å². The van der Waals surface area contributed by atoms with Crippen molar-refractivity contribution in [2.45, 2.75) is 12.6 Å². The maximum Gasteiger partial charge on any atom is 0.358 e. The first-order valence-electron chi connectivity index (χ1n) is 5.22. The van der Waals surface area contributed by atoms with Crippen LogP contribution < -0.4 is 10.5 Å². The minimum absolute atomic E-state index is 0.0193. The summed E-state index contributed by atoms with van der Waals surface area (Å²) in [4.78, 5) is 1.89. The van der Waals surface area contributed by atoms with Gasteiger partial charge in [0.2, 0.25) is 0 Å². The lowest BCUT2D eigenvalue weighted by Crippen LogP contribution is -2.31. The van der Waals surface area contributed by atoms with Crippen LogP contribution >= 0.6 is 0 Å². The molecule has 6 nitrogen and oxygen atoms in total. The molecule has 0 radical (unpaired) electrons. The highest BCUT2D eigenvalue weighted by Crippen LogP contribution is 2.14. The van der Waals surface area contributed by atoms with E-state index in [0.717, 1.165) is 0 Å². The van der Waals surface area contributed by atoms with E-state index in [4.69, 9.17) is 0 Å². The first kappa shape index (κ1) is 12.2. The summed E-state index contributed by atoms with van der Waals surface area (Å²) < 4.78 is 14.0. The summed E-state index contributed by atoms with van der Waals surface area (Å²) in [5.41, 5.74) is 0.288. The van der Waals surface area contributed by atoms with E-state index in [-0.39, 0.29) is 12.2 Å². The molecule has 0 aliphatic carbocycles. The van der Waals surface area contributed by atoms with Crippen LogP contribution in [0.25, 0.3) is 0 Å². The first-order chi connectivity index (χ1) is 8.58. The number of aromatic amines is 1. The molecule has 0 amide bonds. The van der Waals surface area contributed by atoms with Crippen LogP contribution in [-0.2, 0) is 6.54 Å². The Bertz CT molecular complexity index is 584. The van der Waals surface area contributed by atoms with Crippen molar-refractivity contribution >= 4 is 0 Å². The molecule has 2 N–H and O–H groups in total. The van der Waals surface area contributed by atoms with E-state index >= 15 is 0 Å². The number of aliphatic hydroxyl groups excluding tert-OH is 1. The lowest BCUT2D eigenvalue weighted by molar-refractivity contribution is 0.154. The number of H-pyrrole nitrogens is 1. The predicted molar refractivity (Wildman–Crippen MR) is 62.1 cm³/mol. The molecule has 1 atom stereocenters. The van der Waals surface area contributed by atoms with Crippen molar-refractivity contribution in [2.24, 2.45) is 0 Å². The molecule has 1 aromatic heterocycles. The molecular weight excluding hydrogens is 241 g/mol. The van der Waals surface area contributed by atoms with Gasteiger partial charge in [-0.25, -0.2) is 13.9 Å². The van der Waals surface area contributed by atoms with Gasteiger partial charge in [-0.3, -0.25) is 4.90 Å². The van der Waals surface area contributed by atoms with Crippen LogP contribution in [0.1, 0.15) is 11.7 Å². The third kappa shape index (κ3) is 2.51. The Labute approximate surface area is 101 Å². The monoisotopic (exact) mass is 252 g/mol. The normalized spacial score (nSPS) is 12.3. The topological polar surface area (TPSA) is 90.1 Å². The summed E-state index contributed by atoms with van der Waals surface area (Å²) in [5.74, 6) is -0.397. The number of imidazole rings is 1. The highest BCUT2D eigenvalue weighted by molar-refractivity contribution is 5.18. The highest BCUT2D eigenvalue weighted by atomic mass is 19.1. The zero-order chi connectivity index (χ0) is 13.1. The zero-order valence-electron chi connectivity index (χ0n) is 9.28. The van der Waals surface area contributed by atoms with Crippen LogP contribution in [0.2, 0.25) is 0 Å². The van der Waals surface area contributed by atoms with Crippen LogP contribution in [0.5, 0.6) is 0 Å². The van der Waals surface area contributed by atoms with E-state index in [0.29, 0.717) is 5.56 Å². The van der Waals surface area contributed by atoms with Gasteiger partial charge in [0.1, 0.15) is 18.5 Å². The molecule has 1 heterocycles. The lowest BCUT2D eigenvalue weighted by Gasteiger charge is -2.14. The molecular formula is C11H11FN3O3-. The van der Waals surface area contributed by atoms with E-state index in [1.54, 1.807) is 0 Å². The van der Waals surface area contributed by atoms with Crippen LogP contribution in [-0.4, -0.2) is 14.7 Å². The average molecular weight is 252 g/mol. The maximum absolute atomic E-state index is 12.7. The second-order valence-corrected chi connectivity index (χ2v) is 3.76. The van der Waals surface area contributed by atoms with Crippen LogP contribution in [0.4, 0.5) is 4.39 Å². The quantitative estimate of drug-likeness (QED) is 0.777. The Morgan fingerprint density at radius 3 is 2.61 bits per heavy atom. The second kappa shape index (κ2) is 4.92. The summed E-state index contributed by atoms with van der Waals surface area (Å²) in [6.45, 7) is 0.0193. The van der Waals surface area contributed by atoms with E-state index in [1.807, 2.05) is 0 Å². The van der Waals surface area contributed by atoms with Gasteiger partial charge < -0.3 is 15.5 Å². The SMILES string of the molecule is [O-][N+]([O-])=c1[nH]ccn1CC(O)c1ccc(F)cc1. The fraction of sp³-hybridized carbons (Fsp3) is 0.182. The molecule has 2 rings (SSSR count). The molecule has 18 heavy (non-hydrogen) atoms. The number of hydrogen-bond donors (Lipinski definition) is 2. The molecule has 1 unspecified atom stereocenters. The summed E-state index contributed by atoms with van der Waals surface area (Å²) in [7, 11) is 0. The molecule has 0 bridgehead atoms. The Morgan fingerprint density at radius 2 is 2.00 bits per heavy atom. The molecule has 0 saturated heterocycles. The lowest BCUT2D eigenvalue weighted by atomic mass is 10.1. The van der Waals surface area contributed by atoms with Crippen LogP contribution in [0, 0.1) is 16.2 Å². The molecule has 0 spiro atoms. The van der Waals surface area contributed by atoms with Gasteiger partial charge in [0.25, 0.3) is 0 Å². The Hall–Kier alpha value is -2.28. The van der Waals surface area contributed by atoms with Gasteiger partial charge in [-0.2, -0.15) is 0 Å². The number of halogens is 1. The van der Waals surface area contributed by atoms with Gasteiger partial charge >= 0.3 is 5.62 Å². The first-order valence-corrected chi connectivity index (χ1v) is 5.22. The summed E-state index contributed by atoms with van der Waals surface area (Å²) in [5, 5.41) is 31.2. The molecule has 0 aliphatic rings. The zero-order valence-corrected chi connectivity index (χ0v) is 9.28. The fourth-order valence-corrected chi connectivity index (χ4v) is 1.64. The number of rotatable bonds is 3. The van der Waals surface area contributed by atoms with E-state index in [9.17, 15) is 19.9 Å². The van der Waals surface area contributed by atoms with E-state index < -0.39 is 16.8 Å². The summed E-state index contributed by atoms with van der Waals surface area (Å²) >= 11 is 0. The third-order valence-corrected chi connectivity index (χ3v) is 2.54. The van der Waals surface area contributed by atoms with E-state index in [2.05, 4.69) is 4.98 Å². The fourth-order valence-electron chi connectivity index (χ4n) is 1.64. The Kier molecular flexibility index (Phi) is 3.33. The van der Waals surface area contributed by atoms with Crippen molar-refractivity contribution in [1.29, 1.82) is 0 Å². The molecule has 1 aromatic carbocycles. The van der Waals surface area contributed by atoms with Gasteiger partial charge in [0, 0.05) is 0 Å². The number of nitrogens with zero attached hydrogens (tertiary/aromatic N) is 2. The van der Waals surface area contributed by atoms with Crippen molar-refractivity contribution in [3.05, 3.63) is 64.1 Å². The van der Waals surface area contributed by atoms with Crippen molar-refractivity contribution in [2.75, 3.05) is 0 Å². The highest BCUT2D eigenvalue weighted by Gasteiger charge is 2.12. The molecule has 96 valence electrons. The second-order valence-electron chi connectivity index (χ2n) is 3.76. The van der Waals surface area contributed by atoms with Gasteiger partial charge in [-0.15, -0.1) is 0 Å². The number of aliphatic hydroxyl groups is 1. The van der Waals surface area contributed by atoms with Gasteiger partial charge in [-0.05, 0) is 17.7 Å². The van der Waals surface area contributed by atoms with Crippen molar-refractivity contribution in [3.8, 4) is 0 Å². The summed E-state index contributed by atoms with van der Waals surface area (Å²) in [6, 6.07) is 5.35. The smallest absolute Gasteiger partial charge is 0.358 e. The number of benzene rings is 1. The van der Waals surface area contributed by atoms with Gasteiger partial charge in [0.15, 0.2) is 0 Å². The van der Waals surface area contributed by atoms with Gasteiger partial charge in [-0.1, -0.05) is 12.1 Å². The van der Waals surface area contributed by atoms with Crippen LogP contribution in [0.15, 0.2) is 36.7 Å². The molecule has 2 aromatic rings. The minimum atomic E-state index is -0.940. The number of nitrogens with one attached hydrogen (secondary N) is 1. The Morgan fingerprint density at radius 1 is 1.33 bits per heavy atom. The van der Waals surface area contributed by atoms with Gasteiger partial charge in [0.05, 0.1) is 12.4 Å². The summed E-state index contributed by atoms with van der Waals surface area (Å²) in [6.07, 6.45) is 1.94. The van der Waals surface area contributed by atoms with Crippen LogP contribution in [0.3, 0.4) is 0 Å². The minimum Gasteiger partial charge on any atom is -0.744 e.